The summed E-state index contributed by atoms with van der Waals surface area (Å²) in [6, 6.07) is 4.97. The van der Waals surface area contributed by atoms with Crippen LogP contribution in [0.2, 0.25) is 0 Å². The maximum atomic E-state index is 14.2. The molecule has 9 heteroatoms. The molecule has 2 aromatic rings. The van der Waals surface area contributed by atoms with Crippen molar-refractivity contribution in [1.29, 1.82) is 0 Å². The molecule has 0 radical (unpaired) electrons. The van der Waals surface area contributed by atoms with Crippen LogP contribution in [-0.4, -0.2) is 22.2 Å². The highest BCUT2D eigenvalue weighted by Gasteiger charge is 2.27. The third kappa shape index (κ3) is 5.09. The zero-order valence-corrected chi connectivity index (χ0v) is 15.9. The lowest BCUT2D eigenvalue weighted by Gasteiger charge is -2.25. The van der Waals surface area contributed by atoms with Crippen molar-refractivity contribution in [2.24, 2.45) is 5.92 Å². The number of thioether (sulfide) groups is 1. The number of carboxylic acids is 1. The van der Waals surface area contributed by atoms with Gasteiger partial charge in [0.15, 0.2) is 17.5 Å². The fourth-order valence-corrected chi connectivity index (χ4v) is 4.42. The minimum Gasteiger partial charge on any atom is -0.481 e. The van der Waals surface area contributed by atoms with Crippen LogP contribution in [0.3, 0.4) is 0 Å². The number of hydrogen-bond donors (Lipinski definition) is 2. The fraction of sp³-hybridized carbons (Fsp3) is 0.300. The molecule has 1 amide bonds. The van der Waals surface area contributed by atoms with Crippen molar-refractivity contribution in [3.63, 3.8) is 0 Å². The van der Waals surface area contributed by atoms with Gasteiger partial charge in [0.05, 0.1) is 5.92 Å². The minimum atomic E-state index is -1.64. The van der Waals surface area contributed by atoms with Gasteiger partial charge in [-0.1, -0.05) is 0 Å². The molecule has 1 fully saturated rings. The van der Waals surface area contributed by atoms with Crippen LogP contribution in [-0.2, 0) is 4.79 Å². The number of amides is 1. The average Bonchev–Trinajstić information content (AvgIpc) is 2.68. The van der Waals surface area contributed by atoms with Crippen LogP contribution >= 0.6 is 11.8 Å². The molecule has 0 unspecified atom stereocenters. The molecule has 0 heterocycles. The van der Waals surface area contributed by atoms with E-state index in [9.17, 15) is 27.2 Å². The van der Waals surface area contributed by atoms with Crippen LogP contribution < -0.4 is 5.32 Å². The summed E-state index contributed by atoms with van der Waals surface area (Å²) in [6.07, 6.45) is 2.25. The molecule has 4 nitrogen and oxygen atoms in total. The maximum absolute atomic E-state index is 14.2. The predicted octanol–water partition coefficient (Wildman–Crippen LogP) is 5.23. The molecule has 3 rings (SSSR count). The minimum absolute atomic E-state index is 0.0266. The van der Waals surface area contributed by atoms with Crippen molar-refractivity contribution in [2.75, 3.05) is 5.32 Å². The van der Waals surface area contributed by atoms with Gasteiger partial charge in [0.1, 0.15) is 5.82 Å². The van der Waals surface area contributed by atoms with E-state index in [-0.39, 0.29) is 27.3 Å². The summed E-state index contributed by atoms with van der Waals surface area (Å²) >= 11 is 1.23. The van der Waals surface area contributed by atoms with Crippen LogP contribution in [0, 0.1) is 29.2 Å². The molecule has 0 aromatic heterocycles. The molecule has 0 spiro atoms. The summed E-state index contributed by atoms with van der Waals surface area (Å²) in [5.41, 5.74) is -0.199. The van der Waals surface area contributed by atoms with E-state index in [0.29, 0.717) is 37.8 Å². The molecule has 1 aliphatic carbocycles. The normalized spacial score (nSPS) is 19.0. The molecule has 0 bridgehead atoms. The van der Waals surface area contributed by atoms with Gasteiger partial charge in [-0.3, -0.25) is 9.59 Å². The highest BCUT2D eigenvalue weighted by atomic mass is 32.2. The Balaban J connectivity index is 1.70. The number of hydrogen-bond acceptors (Lipinski definition) is 3. The van der Waals surface area contributed by atoms with E-state index in [1.807, 2.05) is 0 Å². The summed E-state index contributed by atoms with van der Waals surface area (Å²) < 4.78 is 53.8. The van der Waals surface area contributed by atoms with Crippen LogP contribution in [0.5, 0.6) is 0 Å². The van der Waals surface area contributed by atoms with Gasteiger partial charge in [0.2, 0.25) is 0 Å². The van der Waals surface area contributed by atoms with Crippen LogP contribution in [0.4, 0.5) is 23.2 Å². The number of rotatable bonds is 5. The Hall–Kier alpha value is -2.55. The van der Waals surface area contributed by atoms with E-state index in [1.165, 1.54) is 23.9 Å². The number of aliphatic carboxylic acids is 1. The standard InChI is InChI=1S/C20H17F4NO3S/c21-14-6-3-11(19(26)25-12-8-15(22)18(24)16(23)9-12)7-17(14)29-13-4-1-10(2-5-13)20(27)28/h3,6-10,13H,1-2,4-5H2,(H,25,26)(H,27,28). The third-order valence-electron chi connectivity index (χ3n) is 4.75. The third-order valence-corrected chi connectivity index (χ3v) is 6.12. The van der Waals surface area contributed by atoms with Crippen molar-refractivity contribution in [2.45, 2.75) is 35.8 Å². The molecule has 1 saturated carbocycles. The number of halogens is 4. The number of carboxylic acid groups (broad SMARTS) is 1. The fourth-order valence-electron chi connectivity index (χ4n) is 3.17. The van der Waals surface area contributed by atoms with Crippen LogP contribution in [0.25, 0.3) is 0 Å². The highest BCUT2D eigenvalue weighted by molar-refractivity contribution is 8.00. The van der Waals surface area contributed by atoms with Crippen molar-refractivity contribution in [3.8, 4) is 0 Å². The Bertz CT molecular complexity index is 922. The molecule has 0 atom stereocenters. The number of carbonyl (C=O) groups excluding carboxylic acids is 1. The molecule has 154 valence electrons. The monoisotopic (exact) mass is 427 g/mol. The highest BCUT2D eigenvalue weighted by Crippen LogP contribution is 2.37. The van der Waals surface area contributed by atoms with Crippen LogP contribution in [0.15, 0.2) is 35.2 Å². The topological polar surface area (TPSA) is 66.4 Å². The zero-order chi connectivity index (χ0) is 21.1. The molecule has 1 aliphatic rings. The largest absolute Gasteiger partial charge is 0.481 e. The number of carbonyl (C=O) groups is 2. The lowest BCUT2D eigenvalue weighted by molar-refractivity contribution is -0.142. The smallest absolute Gasteiger partial charge is 0.306 e. The van der Waals surface area contributed by atoms with Crippen molar-refractivity contribution >= 4 is 29.3 Å². The Morgan fingerprint density at radius 3 is 2.14 bits per heavy atom. The van der Waals surface area contributed by atoms with Crippen molar-refractivity contribution in [3.05, 3.63) is 59.2 Å². The molecule has 0 aliphatic heterocycles. The summed E-state index contributed by atoms with van der Waals surface area (Å²) in [4.78, 5) is 23.6. The van der Waals surface area contributed by atoms with Gasteiger partial charge in [-0.05, 0) is 43.9 Å². The first-order valence-electron chi connectivity index (χ1n) is 8.89. The SMILES string of the molecule is O=C(Nc1cc(F)c(F)c(F)c1)c1ccc(F)c(SC2CCC(C(=O)O)CC2)c1. The zero-order valence-electron chi connectivity index (χ0n) is 15.1. The van der Waals surface area contributed by atoms with E-state index in [0.717, 1.165) is 6.07 Å². The number of nitrogens with one attached hydrogen (secondary N) is 1. The first kappa shape index (κ1) is 21.2. The molecular weight excluding hydrogens is 410 g/mol. The second-order valence-electron chi connectivity index (χ2n) is 6.78. The Labute approximate surface area is 168 Å². The van der Waals surface area contributed by atoms with E-state index in [1.54, 1.807) is 0 Å². The number of anilines is 1. The molecule has 29 heavy (non-hydrogen) atoms. The first-order chi connectivity index (χ1) is 13.7. The van der Waals surface area contributed by atoms with E-state index < -0.39 is 35.1 Å². The Kier molecular flexibility index (Phi) is 6.46. The van der Waals surface area contributed by atoms with Gasteiger partial charge in [0.25, 0.3) is 5.91 Å². The molecular formula is C20H17F4NO3S. The lowest BCUT2D eigenvalue weighted by atomic mass is 9.89. The van der Waals surface area contributed by atoms with Gasteiger partial charge in [0, 0.05) is 33.5 Å². The second-order valence-corrected chi connectivity index (χ2v) is 8.13. The molecule has 2 aromatic carbocycles. The van der Waals surface area contributed by atoms with Crippen LogP contribution in [0.1, 0.15) is 36.0 Å². The summed E-state index contributed by atoms with van der Waals surface area (Å²) in [5, 5.41) is 11.3. The maximum Gasteiger partial charge on any atom is 0.306 e. The first-order valence-corrected chi connectivity index (χ1v) is 9.77. The predicted molar refractivity (Wildman–Crippen MR) is 99.9 cm³/mol. The van der Waals surface area contributed by atoms with Gasteiger partial charge < -0.3 is 10.4 Å². The van der Waals surface area contributed by atoms with Gasteiger partial charge in [-0.2, -0.15) is 0 Å². The molecule has 2 N–H and O–H groups in total. The second kappa shape index (κ2) is 8.86. The van der Waals surface area contributed by atoms with Crippen molar-refractivity contribution in [1.82, 2.24) is 0 Å². The van der Waals surface area contributed by atoms with Gasteiger partial charge >= 0.3 is 5.97 Å². The molecule has 0 saturated heterocycles. The van der Waals surface area contributed by atoms with E-state index in [4.69, 9.17) is 5.11 Å². The van der Waals surface area contributed by atoms with E-state index >= 15 is 0 Å². The van der Waals surface area contributed by atoms with E-state index in [2.05, 4.69) is 5.32 Å². The van der Waals surface area contributed by atoms with Gasteiger partial charge in [-0.25, -0.2) is 17.6 Å². The summed E-state index contributed by atoms with van der Waals surface area (Å²) in [6.45, 7) is 0. The van der Waals surface area contributed by atoms with Gasteiger partial charge in [-0.15, -0.1) is 11.8 Å². The Morgan fingerprint density at radius 1 is 0.931 bits per heavy atom. The Morgan fingerprint density at radius 2 is 1.55 bits per heavy atom. The quantitative estimate of drug-likeness (QED) is 0.507. The summed E-state index contributed by atoms with van der Waals surface area (Å²) in [7, 11) is 0. The summed E-state index contributed by atoms with van der Waals surface area (Å²) in [5.74, 6) is -6.98. The van der Waals surface area contributed by atoms with Crippen molar-refractivity contribution < 1.29 is 32.3 Å². The lowest BCUT2D eigenvalue weighted by Crippen LogP contribution is -2.22. The average molecular weight is 427 g/mol. The number of benzene rings is 2.